The number of ether oxygens (including phenoxy) is 1. The average molecular weight is 481 g/mol. The van der Waals surface area contributed by atoms with E-state index in [2.05, 4.69) is 5.32 Å². The van der Waals surface area contributed by atoms with Gasteiger partial charge in [0.25, 0.3) is 5.69 Å². The summed E-state index contributed by atoms with van der Waals surface area (Å²) < 4.78 is 4.99. The van der Waals surface area contributed by atoms with Crippen LogP contribution in [0.2, 0.25) is 10.0 Å². The molecule has 2 aromatic carbocycles. The minimum Gasteiger partial charge on any atom is -0.468 e. The Labute approximate surface area is 195 Å². The van der Waals surface area contributed by atoms with E-state index < -0.39 is 11.0 Å². The van der Waals surface area contributed by atoms with E-state index in [0.29, 0.717) is 31.2 Å². The van der Waals surface area contributed by atoms with E-state index in [0.717, 1.165) is 5.56 Å². The molecule has 1 aliphatic heterocycles. The van der Waals surface area contributed by atoms with Crippen LogP contribution in [0.15, 0.2) is 42.5 Å². The van der Waals surface area contributed by atoms with Crippen LogP contribution in [0.4, 0.5) is 11.4 Å². The molecule has 1 unspecified atom stereocenters. The molecule has 9 nitrogen and oxygen atoms in total. The maximum atomic E-state index is 12.5. The average Bonchev–Trinajstić information content (AvgIpc) is 2.77. The van der Waals surface area contributed by atoms with Crippen molar-refractivity contribution < 1.29 is 19.2 Å². The number of amides is 1. The van der Waals surface area contributed by atoms with Crippen molar-refractivity contribution in [2.24, 2.45) is 0 Å². The molecular formula is C21H22Cl2N4O5. The molecule has 1 N–H and O–H groups in total. The first-order valence-corrected chi connectivity index (χ1v) is 10.6. The monoisotopic (exact) mass is 480 g/mol. The molecule has 3 rings (SSSR count). The Kier molecular flexibility index (Phi) is 8.03. The van der Waals surface area contributed by atoms with Gasteiger partial charge in [0.1, 0.15) is 11.7 Å². The summed E-state index contributed by atoms with van der Waals surface area (Å²) in [5.74, 6) is -0.736. The lowest BCUT2D eigenvalue weighted by molar-refractivity contribution is -0.383. The number of nitrogens with one attached hydrogen (secondary N) is 1. The highest BCUT2D eigenvalue weighted by molar-refractivity contribution is 6.31. The number of benzene rings is 2. The second-order valence-electron chi connectivity index (χ2n) is 7.26. The highest BCUT2D eigenvalue weighted by atomic mass is 35.5. The predicted octanol–water partition coefficient (Wildman–Crippen LogP) is 3.37. The number of nitro benzene ring substituents is 1. The highest BCUT2D eigenvalue weighted by Gasteiger charge is 2.31. The number of hydrogen-bond donors (Lipinski definition) is 1. The summed E-state index contributed by atoms with van der Waals surface area (Å²) in [4.78, 5) is 39.4. The molecule has 0 aromatic heterocycles. The van der Waals surface area contributed by atoms with Crippen molar-refractivity contribution in [3.05, 3.63) is 68.2 Å². The molecule has 1 heterocycles. The Morgan fingerprint density at radius 3 is 2.31 bits per heavy atom. The van der Waals surface area contributed by atoms with Crippen LogP contribution in [0.1, 0.15) is 11.6 Å². The van der Waals surface area contributed by atoms with E-state index in [4.69, 9.17) is 27.9 Å². The number of methoxy groups -OCH3 is 1. The summed E-state index contributed by atoms with van der Waals surface area (Å²) >= 11 is 11.8. The summed E-state index contributed by atoms with van der Waals surface area (Å²) in [7, 11) is 1.35. The van der Waals surface area contributed by atoms with Crippen LogP contribution in [-0.4, -0.2) is 66.4 Å². The Balaban J connectivity index is 1.60. The standard InChI is InChI=1S/C21H22Cl2N4O5/c1-32-21(29)20(14-2-4-15(22)5-3-14)26-10-8-25(9-11-26)13-19(28)24-17-7-6-16(23)12-18(17)27(30)31/h2-7,12,20H,8-11,13H2,1H3,(H,24,28). The number of halogens is 2. The highest BCUT2D eigenvalue weighted by Crippen LogP contribution is 2.28. The third kappa shape index (κ3) is 5.95. The first-order valence-electron chi connectivity index (χ1n) is 9.82. The minimum atomic E-state index is -0.593. The van der Waals surface area contributed by atoms with Crippen molar-refractivity contribution in [1.82, 2.24) is 9.80 Å². The number of anilines is 1. The molecule has 2 aromatic rings. The molecule has 0 spiro atoms. The van der Waals surface area contributed by atoms with E-state index >= 15 is 0 Å². The van der Waals surface area contributed by atoms with E-state index in [1.807, 2.05) is 9.80 Å². The number of esters is 1. The fraction of sp³-hybridized carbons (Fsp3) is 0.333. The van der Waals surface area contributed by atoms with Crippen LogP contribution in [0.3, 0.4) is 0 Å². The van der Waals surface area contributed by atoms with E-state index in [-0.39, 0.29) is 34.8 Å². The largest absolute Gasteiger partial charge is 0.468 e. The number of hydrogen-bond acceptors (Lipinski definition) is 7. The molecule has 11 heteroatoms. The number of rotatable bonds is 7. The van der Waals surface area contributed by atoms with Crippen molar-refractivity contribution in [2.75, 3.05) is 45.2 Å². The zero-order valence-corrected chi connectivity index (χ0v) is 18.8. The van der Waals surface area contributed by atoms with Crippen molar-refractivity contribution in [2.45, 2.75) is 6.04 Å². The third-order valence-corrected chi connectivity index (χ3v) is 5.67. The van der Waals surface area contributed by atoms with Gasteiger partial charge < -0.3 is 10.1 Å². The zero-order valence-electron chi connectivity index (χ0n) is 17.3. The van der Waals surface area contributed by atoms with Gasteiger partial charge in [-0.3, -0.25) is 24.7 Å². The zero-order chi connectivity index (χ0) is 23.3. The minimum absolute atomic E-state index is 0.0669. The molecular weight excluding hydrogens is 459 g/mol. The maximum Gasteiger partial charge on any atom is 0.327 e. The van der Waals surface area contributed by atoms with Gasteiger partial charge >= 0.3 is 5.97 Å². The van der Waals surface area contributed by atoms with Gasteiger partial charge in [0.05, 0.1) is 18.6 Å². The molecule has 1 saturated heterocycles. The van der Waals surface area contributed by atoms with Crippen LogP contribution in [-0.2, 0) is 14.3 Å². The van der Waals surface area contributed by atoms with Gasteiger partial charge in [-0.1, -0.05) is 35.3 Å². The SMILES string of the molecule is COC(=O)C(c1ccc(Cl)cc1)N1CCN(CC(=O)Nc2ccc(Cl)cc2[N+](=O)[O-])CC1. The summed E-state index contributed by atoms with van der Waals surface area (Å²) in [6, 6.07) is 10.6. The number of piperazine rings is 1. The lowest BCUT2D eigenvalue weighted by Crippen LogP contribution is -2.51. The van der Waals surface area contributed by atoms with Crippen LogP contribution < -0.4 is 5.32 Å². The van der Waals surface area contributed by atoms with Crippen LogP contribution >= 0.6 is 23.2 Å². The second-order valence-corrected chi connectivity index (χ2v) is 8.13. The predicted molar refractivity (Wildman–Crippen MR) is 121 cm³/mol. The number of carbonyl (C=O) groups is 2. The summed E-state index contributed by atoms with van der Waals surface area (Å²) in [5, 5.41) is 14.6. The second kappa shape index (κ2) is 10.7. The van der Waals surface area contributed by atoms with Gasteiger partial charge in [-0.25, -0.2) is 4.79 Å². The first kappa shape index (κ1) is 23.9. The molecule has 0 saturated carbocycles. The first-order chi connectivity index (χ1) is 15.3. The van der Waals surface area contributed by atoms with Gasteiger partial charge in [-0.2, -0.15) is 0 Å². The van der Waals surface area contributed by atoms with Gasteiger partial charge in [-0.15, -0.1) is 0 Å². The Bertz CT molecular complexity index is 994. The van der Waals surface area contributed by atoms with Gasteiger partial charge in [0.15, 0.2) is 0 Å². The lowest BCUT2D eigenvalue weighted by Gasteiger charge is -2.38. The molecule has 0 bridgehead atoms. The van der Waals surface area contributed by atoms with Crippen molar-refractivity contribution in [1.29, 1.82) is 0 Å². The van der Waals surface area contributed by atoms with Crippen LogP contribution in [0.25, 0.3) is 0 Å². The summed E-state index contributed by atoms with van der Waals surface area (Å²) in [6.07, 6.45) is 0. The lowest BCUT2D eigenvalue weighted by atomic mass is 10.0. The van der Waals surface area contributed by atoms with Gasteiger partial charge in [-0.05, 0) is 29.8 Å². The number of nitrogens with zero attached hydrogens (tertiary/aromatic N) is 3. The fourth-order valence-electron chi connectivity index (χ4n) is 3.59. The fourth-order valence-corrected chi connectivity index (χ4v) is 3.88. The smallest absolute Gasteiger partial charge is 0.327 e. The van der Waals surface area contributed by atoms with Crippen molar-refractivity contribution in [3.63, 3.8) is 0 Å². The molecule has 32 heavy (non-hydrogen) atoms. The van der Waals surface area contributed by atoms with Crippen LogP contribution in [0.5, 0.6) is 0 Å². The molecule has 1 aliphatic rings. The molecule has 0 radical (unpaired) electrons. The van der Waals surface area contributed by atoms with Crippen LogP contribution in [0, 0.1) is 10.1 Å². The molecule has 170 valence electrons. The topological polar surface area (TPSA) is 105 Å². The Morgan fingerprint density at radius 2 is 1.72 bits per heavy atom. The molecule has 1 fully saturated rings. The third-order valence-electron chi connectivity index (χ3n) is 5.18. The molecule has 1 atom stereocenters. The Hall–Kier alpha value is -2.72. The van der Waals surface area contributed by atoms with E-state index in [1.165, 1.54) is 25.3 Å². The molecule has 0 aliphatic carbocycles. The van der Waals surface area contributed by atoms with Gasteiger partial charge in [0, 0.05) is 42.3 Å². The normalized spacial score (nSPS) is 15.7. The van der Waals surface area contributed by atoms with Crippen molar-refractivity contribution in [3.8, 4) is 0 Å². The quantitative estimate of drug-likeness (QED) is 0.367. The van der Waals surface area contributed by atoms with E-state index in [9.17, 15) is 19.7 Å². The maximum absolute atomic E-state index is 12.5. The summed E-state index contributed by atoms with van der Waals surface area (Å²) in [5.41, 5.74) is 0.610. The number of nitro groups is 1. The van der Waals surface area contributed by atoms with Gasteiger partial charge in [0.2, 0.25) is 5.91 Å². The number of carbonyl (C=O) groups excluding carboxylic acids is 2. The molecule has 1 amide bonds. The summed E-state index contributed by atoms with van der Waals surface area (Å²) in [6.45, 7) is 2.22. The Morgan fingerprint density at radius 1 is 1.09 bits per heavy atom. The van der Waals surface area contributed by atoms with E-state index in [1.54, 1.807) is 24.3 Å². The van der Waals surface area contributed by atoms with Crippen molar-refractivity contribution >= 4 is 46.5 Å².